The maximum absolute atomic E-state index is 2.37. The Hall–Kier alpha value is -3.06. The van der Waals surface area contributed by atoms with Crippen molar-refractivity contribution in [3.63, 3.8) is 0 Å². The zero-order valence-corrected chi connectivity index (χ0v) is 17.2. The van der Waals surface area contributed by atoms with Crippen LogP contribution >= 0.6 is 0 Å². The Morgan fingerprint density at radius 1 is 0.621 bits per heavy atom. The molecule has 1 aliphatic carbocycles. The second-order valence-electron chi connectivity index (χ2n) is 7.89. The molecule has 29 heavy (non-hydrogen) atoms. The molecule has 0 heterocycles. The van der Waals surface area contributed by atoms with Crippen LogP contribution in [0.3, 0.4) is 0 Å². The highest BCUT2D eigenvalue weighted by atomic mass is 15.1. The van der Waals surface area contributed by atoms with Gasteiger partial charge in [0.2, 0.25) is 0 Å². The Morgan fingerprint density at radius 2 is 1.17 bits per heavy atom. The Labute approximate surface area is 175 Å². The summed E-state index contributed by atoms with van der Waals surface area (Å²) < 4.78 is 0. The van der Waals surface area contributed by atoms with E-state index in [1.54, 1.807) is 5.57 Å². The summed E-state index contributed by atoms with van der Waals surface area (Å²) in [6.45, 7) is 2.12. The van der Waals surface area contributed by atoms with Gasteiger partial charge < -0.3 is 4.90 Å². The van der Waals surface area contributed by atoms with E-state index in [1.165, 1.54) is 60.2 Å². The average molecular weight is 380 g/mol. The van der Waals surface area contributed by atoms with E-state index >= 15 is 0 Å². The quantitative estimate of drug-likeness (QED) is 0.404. The molecule has 4 rings (SSSR count). The lowest BCUT2D eigenvalue weighted by atomic mass is 9.95. The Morgan fingerprint density at radius 3 is 1.79 bits per heavy atom. The summed E-state index contributed by atoms with van der Waals surface area (Å²) in [5.74, 6) is 0. The summed E-state index contributed by atoms with van der Waals surface area (Å²) in [7, 11) is 0. The Kier molecular flexibility index (Phi) is 6.26. The highest BCUT2D eigenvalue weighted by Crippen LogP contribution is 2.30. The lowest BCUT2D eigenvalue weighted by Gasteiger charge is -2.24. The number of hydrogen-bond donors (Lipinski definition) is 0. The summed E-state index contributed by atoms with van der Waals surface area (Å²) in [5, 5.41) is 0. The number of hydrogen-bond acceptors (Lipinski definition) is 1. The van der Waals surface area contributed by atoms with Gasteiger partial charge in [0, 0.05) is 17.6 Å². The molecule has 0 amide bonds. The van der Waals surface area contributed by atoms with Crippen molar-refractivity contribution in [3.8, 4) is 0 Å². The van der Waals surface area contributed by atoms with Crippen molar-refractivity contribution >= 4 is 23.5 Å². The van der Waals surface area contributed by atoms with Gasteiger partial charge in [0.25, 0.3) is 0 Å². The maximum atomic E-state index is 2.37. The van der Waals surface area contributed by atoms with Crippen molar-refractivity contribution in [2.24, 2.45) is 0 Å². The summed E-state index contributed by atoms with van der Waals surface area (Å²) in [6.07, 6.45) is 13.2. The van der Waals surface area contributed by atoms with Crippen LogP contribution in [0.15, 0.2) is 90.6 Å². The summed E-state index contributed by atoms with van der Waals surface area (Å²) in [6, 6.07) is 28.2. The van der Waals surface area contributed by atoms with E-state index in [2.05, 4.69) is 109 Å². The molecule has 0 atom stereocenters. The molecule has 0 saturated heterocycles. The van der Waals surface area contributed by atoms with E-state index < -0.39 is 0 Å². The first-order valence-corrected chi connectivity index (χ1v) is 10.7. The molecule has 0 aliphatic heterocycles. The topological polar surface area (TPSA) is 3.24 Å². The predicted molar refractivity (Wildman–Crippen MR) is 126 cm³/mol. The highest BCUT2D eigenvalue weighted by Gasteiger charge is 2.11. The molecule has 0 radical (unpaired) electrons. The largest absolute Gasteiger partial charge is 0.317 e. The van der Waals surface area contributed by atoms with Gasteiger partial charge in [0.1, 0.15) is 0 Å². The maximum Gasteiger partial charge on any atom is 0.0455 e. The smallest absolute Gasteiger partial charge is 0.0455 e. The van der Waals surface area contributed by atoms with Crippen LogP contribution in [0.2, 0.25) is 0 Å². The molecular formula is C28H29N. The number of anilines is 2. The van der Waals surface area contributed by atoms with Crippen LogP contribution in [0.5, 0.6) is 0 Å². The van der Waals surface area contributed by atoms with E-state index in [1.807, 2.05) is 0 Å². The minimum atomic E-state index is 1.21. The molecule has 1 aliphatic rings. The lowest BCUT2D eigenvalue weighted by molar-refractivity contribution is 0.597. The van der Waals surface area contributed by atoms with E-state index in [4.69, 9.17) is 0 Å². The van der Waals surface area contributed by atoms with Crippen LogP contribution in [0.25, 0.3) is 12.2 Å². The van der Waals surface area contributed by atoms with E-state index in [0.717, 1.165) is 0 Å². The summed E-state index contributed by atoms with van der Waals surface area (Å²) >= 11 is 0. The van der Waals surface area contributed by atoms with Crippen LogP contribution in [0.1, 0.15) is 48.8 Å². The molecular weight excluding hydrogens is 350 g/mol. The fourth-order valence-corrected chi connectivity index (χ4v) is 3.82. The van der Waals surface area contributed by atoms with Crippen LogP contribution in [0.4, 0.5) is 11.4 Å². The minimum Gasteiger partial charge on any atom is -0.317 e. The van der Waals surface area contributed by atoms with Crippen molar-refractivity contribution in [2.75, 3.05) is 4.90 Å². The van der Waals surface area contributed by atoms with Crippen molar-refractivity contribution in [1.82, 2.24) is 0 Å². The number of benzene rings is 3. The number of allylic oxidation sites excluding steroid dienone is 1. The molecule has 0 N–H and O–H groups in total. The number of rotatable bonds is 5. The number of aryl methyl sites for hydroxylation is 1. The Bertz CT molecular complexity index is 955. The SMILES string of the molecule is Cc1ccc(C=Cc2ccc(N(C=C3CCCCC3)c3ccccc3)cc2)cc1. The fraction of sp³-hybridized carbons (Fsp3) is 0.214. The van der Waals surface area contributed by atoms with Gasteiger partial charge in [0.05, 0.1) is 0 Å². The minimum absolute atomic E-state index is 1.21. The molecule has 3 aromatic carbocycles. The first-order chi connectivity index (χ1) is 14.3. The molecule has 1 saturated carbocycles. The molecule has 0 spiro atoms. The van der Waals surface area contributed by atoms with Gasteiger partial charge in [-0.25, -0.2) is 0 Å². The molecule has 3 aromatic rings. The first kappa shape index (κ1) is 19.3. The van der Waals surface area contributed by atoms with Crippen molar-refractivity contribution < 1.29 is 0 Å². The molecule has 0 bridgehead atoms. The second kappa shape index (κ2) is 9.43. The average Bonchev–Trinajstić information content (AvgIpc) is 2.79. The molecule has 1 fully saturated rings. The number of nitrogens with zero attached hydrogens (tertiary/aromatic N) is 1. The van der Waals surface area contributed by atoms with Gasteiger partial charge in [-0.05, 0) is 68.0 Å². The second-order valence-corrected chi connectivity index (χ2v) is 7.89. The molecule has 1 nitrogen and oxygen atoms in total. The van der Waals surface area contributed by atoms with Gasteiger partial charge in [0.15, 0.2) is 0 Å². The third-order valence-corrected chi connectivity index (χ3v) is 5.56. The highest BCUT2D eigenvalue weighted by molar-refractivity contribution is 5.72. The van der Waals surface area contributed by atoms with Crippen LogP contribution in [0, 0.1) is 6.92 Å². The third-order valence-electron chi connectivity index (χ3n) is 5.56. The fourth-order valence-electron chi connectivity index (χ4n) is 3.82. The zero-order chi connectivity index (χ0) is 19.9. The van der Waals surface area contributed by atoms with E-state index in [9.17, 15) is 0 Å². The van der Waals surface area contributed by atoms with Gasteiger partial charge in [-0.2, -0.15) is 0 Å². The predicted octanol–water partition coefficient (Wildman–Crippen LogP) is 8.15. The normalized spacial score (nSPS) is 14.2. The third kappa shape index (κ3) is 5.26. The first-order valence-electron chi connectivity index (χ1n) is 10.7. The van der Waals surface area contributed by atoms with Gasteiger partial charge in [-0.3, -0.25) is 0 Å². The van der Waals surface area contributed by atoms with Gasteiger partial charge in [-0.15, -0.1) is 0 Å². The van der Waals surface area contributed by atoms with Crippen molar-refractivity contribution in [1.29, 1.82) is 0 Å². The van der Waals surface area contributed by atoms with Gasteiger partial charge in [-0.1, -0.05) is 84.3 Å². The molecule has 0 aromatic heterocycles. The number of para-hydroxylation sites is 1. The summed E-state index contributed by atoms with van der Waals surface area (Å²) in [4.78, 5) is 2.34. The van der Waals surface area contributed by atoms with Crippen molar-refractivity contribution in [2.45, 2.75) is 39.0 Å². The zero-order valence-electron chi connectivity index (χ0n) is 17.2. The van der Waals surface area contributed by atoms with Crippen LogP contribution in [-0.4, -0.2) is 0 Å². The lowest BCUT2D eigenvalue weighted by Crippen LogP contribution is -2.11. The molecule has 146 valence electrons. The Balaban J connectivity index is 1.57. The monoisotopic (exact) mass is 379 g/mol. The van der Waals surface area contributed by atoms with Crippen molar-refractivity contribution in [3.05, 3.63) is 107 Å². The summed E-state index contributed by atoms with van der Waals surface area (Å²) in [5.41, 5.74) is 7.72. The van der Waals surface area contributed by atoms with E-state index in [0.29, 0.717) is 0 Å². The van der Waals surface area contributed by atoms with Crippen LogP contribution in [-0.2, 0) is 0 Å². The molecule has 1 heteroatoms. The van der Waals surface area contributed by atoms with E-state index in [-0.39, 0.29) is 0 Å². The molecule has 0 unspecified atom stereocenters. The van der Waals surface area contributed by atoms with Gasteiger partial charge >= 0.3 is 0 Å². The standard InChI is InChI=1S/C28H29N/c1-23-12-14-24(15-13-23)16-17-25-18-20-28(21-19-25)29(27-10-6-3-7-11-27)22-26-8-4-2-5-9-26/h3,6-7,10-22H,2,4-5,8-9H2,1H3. The van der Waals surface area contributed by atoms with Crippen LogP contribution < -0.4 is 4.90 Å².